The van der Waals surface area contributed by atoms with Crippen LogP contribution in [0, 0.1) is 0 Å². The molecule has 5 N–H and O–H groups in total. The Labute approximate surface area is 211 Å². The number of carbonyl (C=O) groups is 2. The number of likely N-dealkylation sites (N-methyl/N-ethyl adjacent to an activating group) is 1. The first-order chi connectivity index (χ1) is 16.7. The number of esters is 1. The number of rotatable bonds is 13. The Hall–Kier alpha value is -2.90. The highest BCUT2D eigenvalue weighted by molar-refractivity contribution is 5.89. The minimum Gasteiger partial charge on any atom is -0.481 e. The summed E-state index contributed by atoms with van der Waals surface area (Å²) in [4.78, 5) is 25.5. The Kier molecular flexibility index (Phi) is 12.6. The van der Waals surface area contributed by atoms with Crippen molar-refractivity contribution in [2.45, 2.75) is 70.6 Å². The number of nitrogens with zero attached hydrogens (tertiary/aromatic N) is 1. The summed E-state index contributed by atoms with van der Waals surface area (Å²) in [7, 11) is 2.59. The normalized spacial score (nSPS) is 16.4. The van der Waals surface area contributed by atoms with Crippen molar-refractivity contribution >= 4 is 12.1 Å². The summed E-state index contributed by atoms with van der Waals surface area (Å²) >= 11 is 0. The number of aliphatic hydroxyl groups excluding tert-OH is 4. The lowest BCUT2D eigenvalue weighted by atomic mass is 10.1. The van der Waals surface area contributed by atoms with E-state index in [2.05, 4.69) is 5.32 Å². The Morgan fingerprint density at radius 2 is 1.75 bits per heavy atom. The second kappa shape index (κ2) is 14.6. The summed E-state index contributed by atoms with van der Waals surface area (Å²) in [5.41, 5.74) is -0.435. The van der Waals surface area contributed by atoms with E-state index in [9.17, 15) is 30.0 Å². The average Bonchev–Trinajstić information content (AvgIpc) is 2.77. The van der Waals surface area contributed by atoms with E-state index < -0.39 is 54.5 Å². The van der Waals surface area contributed by atoms with Crippen LogP contribution in [0.3, 0.4) is 0 Å². The highest BCUT2D eigenvalue weighted by Gasteiger charge is 2.34. The molecule has 0 aliphatic rings. The predicted molar refractivity (Wildman–Crippen MR) is 129 cm³/mol. The molecular weight excluding hydrogens is 476 g/mol. The maximum Gasteiger partial charge on any atom is 0.408 e. The van der Waals surface area contributed by atoms with Gasteiger partial charge in [0.25, 0.3) is 5.95 Å². The molecule has 0 saturated heterocycles. The fourth-order valence-corrected chi connectivity index (χ4v) is 3.09. The molecule has 204 valence electrons. The van der Waals surface area contributed by atoms with Gasteiger partial charge in [-0.1, -0.05) is 18.2 Å². The van der Waals surface area contributed by atoms with Gasteiger partial charge in [-0.05, 0) is 46.9 Å². The van der Waals surface area contributed by atoms with Gasteiger partial charge in [-0.3, -0.25) is 0 Å². The fourth-order valence-electron chi connectivity index (χ4n) is 3.09. The van der Waals surface area contributed by atoms with Crippen LogP contribution in [0.25, 0.3) is 0 Å². The van der Waals surface area contributed by atoms with Crippen LogP contribution in [0.1, 0.15) is 44.5 Å². The topological polar surface area (TPSA) is 167 Å². The van der Waals surface area contributed by atoms with Gasteiger partial charge in [0.05, 0.1) is 24.3 Å². The molecule has 0 spiro atoms. The quantitative estimate of drug-likeness (QED) is 0.147. The van der Waals surface area contributed by atoms with Gasteiger partial charge in [-0.15, -0.1) is 0 Å². The monoisotopic (exact) mass is 514 g/mol. The van der Waals surface area contributed by atoms with Crippen LogP contribution < -0.4 is 5.32 Å². The number of aliphatic hydroxyl groups is 4. The van der Waals surface area contributed by atoms with E-state index in [1.165, 1.54) is 21.1 Å². The number of ether oxygens (including phenoxy) is 4. The van der Waals surface area contributed by atoms with E-state index in [0.717, 1.165) is 11.0 Å². The molecule has 5 atom stereocenters. The molecule has 1 amide bonds. The second-order valence-corrected chi connectivity index (χ2v) is 9.02. The zero-order valence-electron chi connectivity index (χ0n) is 21.5. The number of carbonyl (C=O) groups excluding carboxylic acids is 2. The van der Waals surface area contributed by atoms with Crippen LogP contribution in [0.4, 0.5) is 4.79 Å². The molecule has 1 rings (SSSR count). The van der Waals surface area contributed by atoms with Crippen molar-refractivity contribution in [2.75, 3.05) is 20.8 Å². The number of methoxy groups -OCH3 is 1. The molecule has 36 heavy (non-hydrogen) atoms. The third kappa shape index (κ3) is 11.2. The van der Waals surface area contributed by atoms with E-state index in [4.69, 9.17) is 18.9 Å². The molecule has 0 saturated carbocycles. The zero-order valence-corrected chi connectivity index (χ0v) is 21.5. The summed E-state index contributed by atoms with van der Waals surface area (Å²) in [5, 5.41) is 43.1. The first-order valence-electron chi connectivity index (χ1n) is 11.3. The highest BCUT2D eigenvalue weighted by Crippen LogP contribution is 2.15. The summed E-state index contributed by atoms with van der Waals surface area (Å²) in [6, 6.07) is 6.20. The van der Waals surface area contributed by atoms with E-state index in [-0.39, 0.29) is 13.0 Å². The molecule has 0 heterocycles. The standard InChI is InChI=1S/C24H38N2O10/c1-15(27)19(26(5)23(32)33-6)21(30)35-18(28)14-17(25-22(31)36-24(2,3)4)12-13-34-20(29)16-10-8-7-9-11-16/h7-11,14-15,17,19,21,23,27-28,30,32H,12-13H2,1-6H3,(H,25,31)/b18-14+/t15?,17-,19?,21?,23?/m1/s1. The van der Waals surface area contributed by atoms with E-state index in [1.54, 1.807) is 51.1 Å². The maximum absolute atomic E-state index is 12.3. The number of amides is 1. The van der Waals surface area contributed by atoms with E-state index in [0.29, 0.717) is 5.56 Å². The Balaban J connectivity index is 2.93. The molecule has 1 aromatic rings. The number of nitrogens with one attached hydrogen (secondary N) is 1. The average molecular weight is 515 g/mol. The minimum absolute atomic E-state index is 0.0312. The molecule has 4 unspecified atom stereocenters. The molecule has 0 aliphatic heterocycles. The molecular formula is C24H38N2O10. The van der Waals surface area contributed by atoms with Crippen molar-refractivity contribution in [3.8, 4) is 0 Å². The SMILES string of the molecule is COC(O)N(C)C(C(C)O)C(O)O/C(O)=C/[C@@H](CCOC(=O)c1ccccc1)NC(=O)OC(C)(C)C. The fraction of sp³-hybridized carbons (Fsp3) is 0.583. The summed E-state index contributed by atoms with van der Waals surface area (Å²) in [5.74, 6) is -1.35. The van der Waals surface area contributed by atoms with Crippen LogP contribution in [0.2, 0.25) is 0 Å². The molecule has 1 aromatic carbocycles. The molecule has 12 heteroatoms. The second-order valence-electron chi connectivity index (χ2n) is 9.02. The Morgan fingerprint density at radius 1 is 1.14 bits per heavy atom. The maximum atomic E-state index is 12.3. The van der Waals surface area contributed by atoms with Crippen molar-refractivity contribution in [3.63, 3.8) is 0 Å². The van der Waals surface area contributed by atoms with Crippen molar-refractivity contribution in [1.29, 1.82) is 0 Å². The van der Waals surface area contributed by atoms with Crippen LogP contribution in [-0.4, -0.2) is 94.6 Å². The van der Waals surface area contributed by atoms with Gasteiger partial charge in [-0.2, -0.15) is 0 Å². The lowest BCUT2D eigenvalue weighted by molar-refractivity contribution is -0.235. The third-order valence-electron chi connectivity index (χ3n) is 4.77. The molecule has 0 aliphatic carbocycles. The van der Waals surface area contributed by atoms with Gasteiger partial charge < -0.3 is 44.7 Å². The summed E-state index contributed by atoms with van der Waals surface area (Å²) in [6.07, 6.45) is -4.14. The lowest BCUT2D eigenvalue weighted by Crippen LogP contribution is -2.53. The van der Waals surface area contributed by atoms with Crippen LogP contribution in [0.5, 0.6) is 0 Å². The molecule has 0 fully saturated rings. The zero-order chi connectivity index (χ0) is 27.5. The third-order valence-corrected chi connectivity index (χ3v) is 4.77. The number of benzene rings is 1. The van der Waals surface area contributed by atoms with Gasteiger partial charge in [0.2, 0.25) is 12.7 Å². The number of alkyl carbamates (subject to hydrolysis) is 1. The highest BCUT2D eigenvalue weighted by atomic mass is 16.7. The largest absolute Gasteiger partial charge is 0.481 e. The number of hydrogen-bond acceptors (Lipinski definition) is 11. The molecule has 12 nitrogen and oxygen atoms in total. The van der Waals surface area contributed by atoms with E-state index in [1.807, 2.05) is 0 Å². The van der Waals surface area contributed by atoms with Gasteiger partial charge in [0.1, 0.15) is 11.6 Å². The van der Waals surface area contributed by atoms with Crippen molar-refractivity contribution < 1.29 is 49.0 Å². The van der Waals surface area contributed by atoms with E-state index >= 15 is 0 Å². The summed E-state index contributed by atoms with van der Waals surface area (Å²) in [6.45, 7) is 6.26. The van der Waals surface area contributed by atoms with Gasteiger partial charge in [0, 0.05) is 19.6 Å². The van der Waals surface area contributed by atoms with Crippen molar-refractivity contribution in [2.24, 2.45) is 0 Å². The Morgan fingerprint density at radius 3 is 2.28 bits per heavy atom. The van der Waals surface area contributed by atoms with Crippen LogP contribution >= 0.6 is 0 Å². The van der Waals surface area contributed by atoms with Crippen LogP contribution in [-0.2, 0) is 18.9 Å². The summed E-state index contributed by atoms with van der Waals surface area (Å²) < 4.78 is 20.3. The van der Waals surface area contributed by atoms with Gasteiger partial charge >= 0.3 is 12.1 Å². The smallest absolute Gasteiger partial charge is 0.408 e. The first-order valence-corrected chi connectivity index (χ1v) is 11.3. The predicted octanol–water partition coefficient (Wildman–Crippen LogP) is 1.46. The van der Waals surface area contributed by atoms with Crippen molar-refractivity contribution in [3.05, 3.63) is 47.9 Å². The number of hydrogen-bond donors (Lipinski definition) is 5. The lowest BCUT2D eigenvalue weighted by Gasteiger charge is -2.35. The molecule has 0 radical (unpaired) electrons. The van der Waals surface area contributed by atoms with Gasteiger partial charge in [-0.25, -0.2) is 14.5 Å². The minimum atomic E-state index is -1.80. The first kappa shape index (κ1) is 31.1. The van der Waals surface area contributed by atoms with Crippen LogP contribution in [0.15, 0.2) is 42.4 Å². The molecule has 0 bridgehead atoms. The van der Waals surface area contributed by atoms with Crippen molar-refractivity contribution in [1.82, 2.24) is 10.2 Å². The Bertz CT molecular complexity index is 841. The molecule has 0 aromatic heterocycles. The van der Waals surface area contributed by atoms with Gasteiger partial charge in [0.15, 0.2) is 0 Å².